The van der Waals surface area contributed by atoms with Crippen LogP contribution in [0.5, 0.6) is 5.75 Å². The predicted octanol–water partition coefficient (Wildman–Crippen LogP) is 4.74. The molecule has 0 aliphatic carbocycles. The number of amidine groups is 1. The molecule has 3 aromatic rings. The lowest BCUT2D eigenvalue weighted by molar-refractivity contribution is 0.318. The van der Waals surface area contributed by atoms with E-state index < -0.39 is 0 Å². The van der Waals surface area contributed by atoms with Crippen molar-refractivity contribution in [2.24, 2.45) is 0 Å². The Balaban J connectivity index is 1.70. The van der Waals surface area contributed by atoms with Crippen LogP contribution in [0.15, 0.2) is 42.2 Å². The maximum absolute atomic E-state index is 10.6. The number of aryl methyl sites for hydroxylation is 2. The van der Waals surface area contributed by atoms with E-state index in [0.29, 0.717) is 23.8 Å². The van der Waals surface area contributed by atoms with E-state index in [4.69, 9.17) is 10.1 Å². The first-order valence-electron chi connectivity index (χ1n) is 9.47. The molecule has 1 aliphatic heterocycles. The number of aliphatic hydroxyl groups is 1. The quantitative estimate of drug-likeness (QED) is 0.601. The molecule has 4 rings (SSSR count). The summed E-state index contributed by atoms with van der Waals surface area (Å²) in [7, 11) is 0. The summed E-state index contributed by atoms with van der Waals surface area (Å²) in [5.74, 6) is 1.55. The van der Waals surface area contributed by atoms with E-state index in [1.807, 2.05) is 43.3 Å². The van der Waals surface area contributed by atoms with Gasteiger partial charge in [0.2, 0.25) is 0 Å². The zero-order valence-corrected chi connectivity index (χ0v) is 16.3. The number of H-pyrrole nitrogens is 1. The molecule has 0 unspecified atom stereocenters. The van der Waals surface area contributed by atoms with Crippen LogP contribution in [0.4, 0.5) is 5.69 Å². The van der Waals surface area contributed by atoms with Crippen molar-refractivity contribution in [2.45, 2.75) is 27.2 Å². The maximum atomic E-state index is 10.6. The third-order valence-electron chi connectivity index (χ3n) is 5.06. The molecule has 1 aliphatic rings. The SMILES string of the molecule is CCCOc1ccccc1N1CC(O)=C(c2nc3cc(C)c(C)cc3[nH]2)C1=N. The molecule has 0 saturated carbocycles. The van der Waals surface area contributed by atoms with Crippen LogP contribution in [0.2, 0.25) is 0 Å². The van der Waals surface area contributed by atoms with Crippen LogP contribution in [-0.2, 0) is 0 Å². The number of hydrogen-bond acceptors (Lipinski definition) is 4. The molecule has 0 amide bonds. The molecule has 0 spiro atoms. The lowest BCUT2D eigenvalue weighted by Crippen LogP contribution is -2.26. The van der Waals surface area contributed by atoms with E-state index in [1.165, 1.54) is 5.56 Å². The second kappa shape index (κ2) is 7.03. The molecular weight excluding hydrogens is 352 g/mol. The number of imidazole rings is 1. The molecule has 3 N–H and O–H groups in total. The number of benzene rings is 2. The maximum Gasteiger partial charge on any atom is 0.145 e. The lowest BCUT2D eigenvalue weighted by Gasteiger charge is -2.21. The molecule has 1 aromatic heterocycles. The van der Waals surface area contributed by atoms with Crippen molar-refractivity contribution in [1.29, 1.82) is 5.41 Å². The highest BCUT2D eigenvalue weighted by Gasteiger charge is 2.32. The first-order chi connectivity index (χ1) is 13.5. The smallest absolute Gasteiger partial charge is 0.145 e. The molecule has 6 nitrogen and oxygen atoms in total. The number of anilines is 1. The van der Waals surface area contributed by atoms with E-state index in [9.17, 15) is 5.11 Å². The Morgan fingerprint density at radius 3 is 2.75 bits per heavy atom. The van der Waals surface area contributed by atoms with E-state index in [0.717, 1.165) is 28.7 Å². The number of rotatable bonds is 5. The monoisotopic (exact) mass is 376 g/mol. The van der Waals surface area contributed by atoms with Gasteiger partial charge in [-0.1, -0.05) is 19.1 Å². The summed E-state index contributed by atoms with van der Waals surface area (Å²) in [4.78, 5) is 9.63. The number of aromatic amines is 1. The lowest BCUT2D eigenvalue weighted by atomic mass is 10.1. The first-order valence-corrected chi connectivity index (χ1v) is 9.47. The number of ether oxygens (including phenoxy) is 1. The fourth-order valence-electron chi connectivity index (χ4n) is 3.44. The van der Waals surface area contributed by atoms with Gasteiger partial charge in [-0.25, -0.2) is 4.98 Å². The van der Waals surface area contributed by atoms with Gasteiger partial charge in [0, 0.05) is 0 Å². The molecular formula is C22H24N4O2. The molecule has 0 radical (unpaired) electrons. The Hall–Kier alpha value is -3.28. The van der Waals surface area contributed by atoms with Crippen molar-refractivity contribution in [3.63, 3.8) is 0 Å². The Morgan fingerprint density at radius 2 is 1.96 bits per heavy atom. The number of aromatic nitrogens is 2. The molecule has 28 heavy (non-hydrogen) atoms. The summed E-state index contributed by atoms with van der Waals surface area (Å²) in [6.45, 7) is 6.98. The Morgan fingerprint density at radius 1 is 1.21 bits per heavy atom. The fourth-order valence-corrected chi connectivity index (χ4v) is 3.44. The average Bonchev–Trinajstić information content (AvgIpc) is 3.20. The summed E-state index contributed by atoms with van der Waals surface area (Å²) in [5.41, 5.74) is 5.26. The largest absolute Gasteiger partial charge is 0.509 e. The van der Waals surface area contributed by atoms with Gasteiger partial charge in [0.25, 0.3) is 0 Å². The van der Waals surface area contributed by atoms with Crippen molar-refractivity contribution < 1.29 is 9.84 Å². The number of para-hydroxylation sites is 2. The van der Waals surface area contributed by atoms with E-state index in [-0.39, 0.29) is 18.1 Å². The van der Waals surface area contributed by atoms with Crippen LogP contribution in [-0.4, -0.2) is 34.1 Å². The van der Waals surface area contributed by atoms with Crippen LogP contribution in [0.1, 0.15) is 30.3 Å². The fraction of sp³-hybridized carbons (Fsp3) is 0.273. The van der Waals surface area contributed by atoms with Crippen molar-refractivity contribution in [1.82, 2.24) is 9.97 Å². The van der Waals surface area contributed by atoms with Crippen LogP contribution in [0.25, 0.3) is 16.6 Å². The van der Waals surface area contributed by atoms with Gasteiger partial charge in [-0.15, -0.1) is 0 Å². The zero-order chi connectivity index (χ0) is 19.8. The van der Waals surface area contributed by atoms with Gasteiger partial charge >= 0.3 is 0 Å². The van der Waals surface area contributed by atoms with Crippen molar-refractivity contribution in [2.75, 3.05) is 18.1 Å². The number of hydrogen-bond donors (Lipinski definition) is 3. The summed E-state index contributed by atoms with van der Waals surface area (Å²) >= 11 is 0. The molecule has 2 heterocycles. The highest BCUT2D eigenvalue weighted by Crippen LogP contribution is 2.36. The minimum absolute atomic E-state index is 0.128. The number of nitrogens with one attached hydrogen (secondary N) is 2. The Kier molecular flexibility index (Phi) is 4.55. The molecule has 144 valence electrons. The van der Waals surface area contributed by atoms with Crippen LogP contribution in [0.3, 0.4) is 0 Å². The summed E-state index contributed by atoms with van der Waals surface area (Å²) in [6.07, 6.45) is 0.901. The minimum Gasteiger partial charge on any atom is -0.509 e. The highest BCUT2D eigenvalue weighted by atomic mass is 16.5. The number of nitrogens with zero attached hydrogens (tertiary/aromatic N) is 2. The van der Waals surface area contributed by atoms with Gasteiger partial charge < -0.3 is 19.7 Å². The molecule has 6 heteroatoms. The standard InChI is InChI=1S/C22H24N4O2/c1-4-9-28-19-8-6-5-7-17(19)26-12-18(27)20(21(26)23)22-24-15-10-13(2)14(3)11-16(15)25-22/h5-8,10-11,23,27H,4,9,12H2,1-3H3,(H,24,25). The Bertz CT molecular complexity index is 1060. The Labute approximate surface area is 164 Å². The van der Waals surface area contributed by atoms with Crippen molar-refractivity contribution in [3.8, 4) is 5.75 Å². The second-order valence-corrected chi connectivity index (χ2v) is 7.11. The van der Waals surface area contributed by atoms with Gasteiger partial charge in [0.05, 0.1) is 35.4 Å². The molecule has 0 atom stereocenters. The van der Waals surface area contributed by atoms with Gasteiger partial charge in [-0.3, -0.25) is 5.41 Å². The van der Waals surface area contributed by atoms with Crippen molar-refractivity contribution >= 4 is 28.1 Å². The van der Waals surface area contributed by atoms with Gasteiger partial charge in [-0.2, -0.15) is 0 Å². The van der Waals surface area contributed by atoms with Crippen LogP contribution < -0.4 is 9.64 Å². The third kappa shape index (κ3) is 3.01. The second-order valence-electron chi connectivity index (χ2n) is 7.11. The molecule has 0 fully saturated rings. The summed E-state index contributed by atoms with van der Waals surface area (Å²) in [5, 5.41) is 19.3. The minimum atomic E-state index is 0.128. The normalized spacial score (nSPS) is 14.4. The number of fused-ring (bicyclic) bond motifs is 1. The van der Waals surface area contributed by atoms with Crippen molar-refractivity contribution in [3.05, 3.63) is 59.1 Å². The van der Waals surface area contributed by atoms with Crippen LogP contribution in [0, 0.1) is 19.3 Å². The first kappa shape index (κ1) is 18.1. The predicted molar refractivity (Wildman–Crippen MR) is 112 cm³/mol. The zero-order valence-electron chi connectivity index (χ0n) is 16.3. The van der Waals surface area contributed by atoms with Gasteiger partial charge in [-0.05, 0) is 55.7 Å². The third-order valence-corrected chi connectivity index (χ3v) is 5.06. The summed E-state index contributed by atoms with van der Waals surface area (Å²) < 4.78 is 5.84. The summed E-state index contributed by atoms with van der Waals surface area (Å²) in [6, 6.07) is 11.7. The topological polar surface area (TPSA) is 85.2 Å². The van der Waals surface area contributed by atoms with E-state index in [2.05, 4.69) is 23.8 Å². The van der Waals surface area contributed by atoms with E-state index in [1.54, 1.807) is 4.90 Å². The number of aliphatic hydroxyl groups excluding tert-OH is 1. The van der Waals surface area contributed by atoms with E-state index >= 15 is 0 Å². The van der Waals surface area contributed by atoms with Crippen LogP contribution >= 0.6 is 0 Å². The van der Waals surface area contributed by atoms with Gasteiger partial charge in [0.15, 0.2) is 0 Å². The molecule has 0 saturated heterocycles. The molecule has 2 aromatic carbocycles. The van der Waals surface area contributed by atoms with Gasteiger partial charge in [0.1, 0.15) is 23.2 Å². The average molecular weight is 376 g/mol. The molecule has 0 bridgehead atoms. The highest BCUT2D eigenvalue weighted by molar-refractivity contribution is 6.30.